The quantitative estimate of drug-likeness (QED) is 0.0528. The van der Waals surface area contributed by atoms with Crippen LogP contribution in [0.1, 0.15) is 615 Å². The van der Waals surface area contributed by atoms with E-state index >= 15 is 22.0 Å². The third kappa shape index (κ3) is 23.7. The van der Waals surface area contributed by atoms with Crippen LogP contribution in [0.15, 0.2) is 0 Å². The predicted molar refractivity (Wildman–Crippen MR) is 593 cm³/mol. The van der Waals surface area contributed by atoms with Crippen molar-refractivity contribution in [1.29, 1.82) is 0 Å². The molecule has 20 saturated carbocycles. The SMILES string of the molecule is CCCC1CCC(C2CCC3(CC2)C(=O)[C@]2(CC[C@@H](CC)CC2)[C@H]3F)CC1.CCCC1CCC(C2CCC3(CC2)C(=O)[C@]2(CC[C@@H](CCC)CC2)[C@H]3F)CC1.CCCCCC[C@H]1CC[C@]2(CC1)C(=O)C1(CCC(C3CCC(CCC)CC3)CC1)[C@@H]2F.CCCCC[C@H]1CC[C@]2(CC1)C(=O)[C@@]1(CC[C@H]([C@H]3CC[C@H](CCC)CC3)CC1)[C@@H]2F.CCCC[C@H]1CC[C@]2(CC1)C(=O)C1(CCC(C3CCC(CCC)CC3)CC1)[C@@H]2F. The molecule has 0 bridgehead atoms. The van der Waals surface area contributed by atoms with E-state index in [-0.39, 0.29) is 0 Å². The van der Waals surface area contributed by atoms with Crippen LogP contribution in [0.25, 0.3) is 0 Å². The molecule has 0 amide bonds. The summed E-state index contributed by atoms with van der Waals surface area (Å²) < 4.78 is 78.5. The summed E-state index contributed by atoms with van der Waals surface area (Å²) in [6.07, 6.45) is 95.6. The van der Waals surface area contributed by atoms with Gasteiger partial charge in [-0.3, -0.25) is 24.0 Å². The first-order valence-electron chi connectivity index (χ1n) is 66.2. The van der Waals surface area contributed by atoms with Gasteiger partial charge >= 0.3 is 0 Å². The molecule has 10 spiro atoms. The van der Waals surface area contributed by atoms with Crippen LogP contribution in [-0.4, -0.2) is 59.8 Å². The molecule has 0 aliphatic heterocycles. The molecule has 10 heteroatoms. The normalized spacial score (nSPS) is 45.5. The van der Waals surface area contributed by atoms with Crippen LogP contribution in [-0.2, 0) is 24.0 Å². The molecule has 20 rings (SSSR count). The number of carbonyl (C=O) groups is 5. The van der Waals surface area contributed by atoms with Gasteiger partial charge in [0, 0.05) is 0 Å². The molecule has 0 aromatic carbocycles. The van der Waals surface area contributed by atoms with Crippen LogP contribution in [0.3, 0.4) is 0 Å². The Morgan fingerprint density at radius 1 is 0.152 bits per heavy atom. The van der Waals surface area contributed by atoms with E-state index in [0.29, 0.717) is 28.9 Å². The molecule has 20 fully saturated rings. The van der Waals surface area contributed by atoms with Crippen LogP contribution in [0.4, 0.5) is 22.0 Å². The van der Waals surface area contributed by atoms with Crippen LogP contribution in [0, 0.1) is 173 Å². The van der Waals surface area contributed by atoms with E-state index in [0.717, 1.165) is 375 Å². The van der Waals surface area contributed by atoms with Gasteiger partial charge in [0.15, 0.2) is 28.9 Å². The summed E-state index contributed by atoms with van der Waals surface area (Å²) in [4.78, 5) is 67.0. The first-order chi connectivity index (χ1) is 70.3. The number of unbranched alkanes of at least 4 members (excludes halogenated alkanes) is 6. The molecular formula is C135H225F5O5. The largest absolute Gasteiger partial charge is 0.298 e. The first-order valence-corrected chi connectivity index (χ1v) is 66.2. The molecule has 20 aliphatic rings. The monoisotopic (exact) mass is 2020 g/mol. The first kappa shape index (κ1) is 116. The van der Waals surface area contributed by atoms with Crippen molar-refractivity contribution < 1.29 is 45.9 Å². The lowest BCUT2D eigenvalue weighted by Crippen LogP contribution is -2.69. The fourth-order valence-electron chi connectivity index (χ4n) is 40.6. The Morgan fingerprint density at radius 3 is 0.455 bits per heavy atom. The zero-order chi connectivity index (χ0) is 102. The van der Waals surface area contributed by atoms with E-state index in [1.54, 1.807) is 0 Å². The van der Waals surface area contributed by atoms with Gasteiger partial charge in [-0.15, -0.1) is 0 Å². The number of hydrogen-bond acceptors (Lipinski definition) is 5. The fourth-order valence-corrected chi connectivity index (χ4v) is 40.6. The van der Waals surface area contributed by atoms with Crippen molar-refractivity contribution >= 4 is 28.9 Å². The molecule has 20 aliphatic carbocycles. The zero-order valence-corrected chi connectivity index (χ0v) is 96.0. The van der Waals surface area contributed by atoms with Gasteiger partial charge in [-0.05, 0) is 439 Å². The molecule has 0 radical (unpaired) electrons. The van der Waals surface area contributed by atoms with Crippen LogP contribution in [0.5, 0.6) is 0 Å². The van der Waals surface area contributed by atoms with E-state index in [1.807, 2.05) is 0 Å². The maximum atomic E-state index is 15.8. The third-order valence-corrected chi connectivity index (χ3v) is 50.2. The summed E-state index contributed by atoms with van der Waals surface area (Å²) in [6.45, 7) is 22.8. The topological polar surface area (TPSA) is 85.3 Å². The van der Waals surface area contributed by atoms with Crippen LogP contribution in [0.2, 0.25) is 0 Å². The lowest BCUT2D eigenvalue weighted by Gasteiger charge is -2.61. The smallest absolute Gasteiger partial charge is 0.151 e. The summed E-state index contributed by atoms with van der Waals surface area (Å²) in [5.74, 6) is 18.4. The number of alkyl halides is 5. The summed E-state index contributed by atoms with van der Waals surface area (Å²) in [7, 11) is 0. The molecule has 830 valence electrons. The molecule has 0 aromatic rings. The number of hydrogen-bond donors (Lipinski definition) is 0. The second-order valence-corrected chi connectivity index (χ2v) is 57.5. The molecule has 0 saturated heterocycles. The summed E-state index contributed by atoms with van der Waals surface area (Å²) in [5, 5.41) is 0. The molecule has 0 heterocycles. The van der Waals surface area contributed by atoms with E-state index in [1.165, 1.54) is 289 Å². The van der Waals surface area contributed by atoms with Crippen molar-refractivity contribution in [3.8, 4) is 0 Å². The number of halogens is 5. The van der Waals surface area contributed by atoms with Crippen molar-refractivity contribution in [2.24, 2.45) is 173 Å². The average Bonchev–Trinajstić information content (AvgIpc) is 0.704. The third-order valence-electron chi connectivity index (χ3n) is 50.2. The summed E-state index contributed by atoms with van der Waals surface area (Å²) >= 11 is 0. The van der Waals surface area contributed by atoms with Crippen molar-refractivity contribution in [3.05, 3.63) is 0 Å². The Hall–Kier alpha value is -2.00. The van der Waals surface area contributed by atoms with Crippen molar-refractivity contribution in [1.82, 2.24) is 0 Å². The maximum Gasteiger partial charge on any atom is 0.151 e. The average molecular weight is 2020 g/mol. The summed E-state index contributed by atoms with van der Waals surface area (Å²) in [6, 6.07) is 0. The summed E-state index contributed by atoms with van der Waals surface area (Å²) in [5.41, 5.74) is -5.62. The van der Waals surface area contributed by atoms with Gasteiger partial charge in [-0.1, -0.05) is 294 Å². The number of carbonyl (C=O) groups excluding carboxylic acids is 5. The van der Waals surface area contributed by atoms with Gasteiger partial charge < -0.3 is 0 Å². The van der Waals surface area contributed by atoms with Crippen LogP contribution >= 0.6 is 0 Å². The Morgan fingerprint density at radius 2 is 0.290 bits per heavy atom. The Kier molecular flexibility index (Phi) is 41.4. The van der Waals surface area contributed by atoms with Gasteiger partial charge in [0.05, 0.1) is 54.1 Å². The van der Waals surface area contributed by atoms with Crippen molar-refractivity contribution in [2.75, 3.05) is 0 Å². The number of ketones is 5. The highest BCUT2D eigenvalue weighted by Crippen LogP contribution is 2.73. The minimum absolute atomic E-state index is 0.349. The number of Topliss-reactive ketones (excluding diaryl/α,β-unsaturated/α-hetero) is 5. The molecular weight excluding hydrogens is 1800 g/mol. The lowest BCUT2D eigenvalue weighted by molar-refractivity contribution is -0.194. The molecule has 5 nitrogen and oxygen atoms in total. The van der Waals surface area contributed by atoms with E-state index in [2.05, 4.69) is 69.2 Å². The number of rotatable bonds is 30. The Labute approximate surface area is 887 Å². The van der Waals surface area contributed by atoms with Crippen molar-refractivity contribution in [3.63, 3.8) is 0 Å². The highest BCUT2D eigenvalue weighted by Gasteiger charge is 2.77. The highest BCUT2D eigenvalue weighted by molar-refractivity contribution is 6.01. The molecule has 0 unspecified atom stereocenters. The van der Waals surface area contributed by atoms with Crippen LogP contribution < -0.4 is 0 Å². The van der Waals surface area contributed by atoms with Gasteiger partial charge in [-0.25, -0.2) is 22.0 Å². The standard InChI is InChI=1S/C29H49FO.C28H47FO.C27H45FO.C26H43FO.C25H41FO/c1-3-5-6-7-9-23-14-18-28(19-15-23)26(30)29(27(28)31)20-16-25(17-21-29)24-12-10-22(8-4-2)11-13-24;1-3-5-6-8-22-13-17-27(18-14-22)25(29)28(26(27)30)19-15-24(16-20-28)23-11-9-21(7-4-2)10-12-23;1-3-5-7-21-12-16-26(17-13-21)24(28)27(25(26)29)18-14-23(15-19-27)22-10-8-20(6-4-2)9-11-22;1-3-5-19-7-9-21(10-8-19)22-13-17-26(18-14-22)23(27)25(24(26)28)15-11-20(6-4-2)12-16-25;1-3-5-19-6-8-20(9-7-19)21-12-16-25(17-13-21)22(26)24(23(25)27)14-10-18(4-2)11-15-24/h22-26H,3-21H2,1-2H3;21-25H,3-20H2,1-2H3;20-24H,3-19H2,1-2H3;19-23H,3-18H2,1-2H3;18-22H,3-17H2,1-2H3/t22?,23-,24?,25?,26-,28+,29?;21-,22-,23-,24-,25-,27+,28+;20?,21-,22?,23?,24-,26+,27?;19?,20-,21?,22?,23-,25+,26?;18-,19?,20?,21?,22-,24+,25?/m11111/s1. The maximum absolute atomic E-state index is 15.8. The van der Waals surface area contributed by atoms with Gasteiger partial charge in [0.25, 0.3) is 0 Å². The van der Waals surface area contributed by atoms with Gasteiger partial charge in [-0.2, -0.15) is 0 Å². The zero-order valence-electron chi connectivity index (χ0n) is 96.0. The molecule has 0 aromatic heterocycles. The minimum atomic E-state index is -0.838. The highest BCUT2D eigenvalue weighted by atomic mass is 19.2. The van der Waals surface area contributed by atoms with Gasteiger partial charge in [0.1, 0.15) is 30.9 Å². The minimum Gasteiger partial charge on any atom is -0.298 e. The Bertz CT molecular complexity index is 3890. The molecule has 5 atom stereocenters. The van der Waals surface area contributed by atoms with E-state index in [4.69, 9.17) is 0 Å². The Balaban J connectivity index is 0.000000130. The molecule has 0 N–H and O–H groups in total. The fraction of sp³-hybridized carbons (Fsp3) is 0.963. The predicted octanol–water partition coefficient (Wildman–Crippen LogP) is 40.3. The second-order valence-electron chi connectivity index (χ2n) is 57.5. The lowest BCUT2D eigenvalue weighted by atomic mass is 9.41. The van der Waals surface area contributed by atoms with E-state index < -0.39 is 85.0 Å². The molecule has 145 heavy (non-hydrogen) atoms. The van der Waals surface area contributed by atoms with Crippen molar-refractivity contribution in [2.45, 2.75) is 646 Å². The second kappa shape index (κ2) is 52.0. The van der Waals surface area contributed by atoms with E-state index in [9.17, 15) is 24.0 Å². The van der Waals surface area contributed by atoms with Gasteiger partial charge in [0.2, 0.25) is 0 Å².